The van der Waals surface area contributed by atoms with E-state index in [2.05, 4.69) is 24.4 Å². The number of ketones is 1. The molecule has 0 aliphatic rings. The molecule has 0 saturated heterocycles. The number of ether oxygens (including phenoxy) is 2. The Bertz CT molecular complexity index is 928. The number of phosphoric ester groups is 1. The average molecular weight is 729 g/mol. The van der Waals surface area contributed by atoms with E-state index in [1.165, 1.54) is 96.3 Å². The summed E-state index contributed by atoms with van der Waals surface area (Å²) < 4.78 is 26.3. The van der Waals surface area contributed by atoms with Crippen LogP contribution in [0.3, 0.4) is 0 Å². The second kappa shape index (κ2) is 35.6. The fourth-order valence-corrected chi connectivity index (χ4v) is 6.01. The fraction of sp³-hybridized carbons (Fsp3) is 0.825. The molecule has 0 amide bonds. The van der Waals surface area contributed by atoms with Gasteiger partial charge in [-0.3, -0.25) is 18.9 Å². The van der Waals surface area contributed by atoms with Crippen molar-refractivity contribution in [1.82, 2.24) is 0 Å². The van der Waals surface area contributed by atoms with Crippen molar-refractivity contribution >= 4 is 25.5 Å². The van der Waals surface area contributed by atoms with Crippen LogP contribution in [0.1, 0.15) is 194 Å². The molecule has 0 bridgehead atoms. The van der Waals surface area contributed by atoms with Crippen molar-refractivity contribution in [1.29, 1.82) is 0 Å². The predicted molar refractivity (Wildman–Crippen MR) is 203 cm³/mol. The molecule has 0 heterocycles. The molecule has 0 unspecified atom stereocenters. The largest absolute Gasteiger partial charge is 0.469 e. The van der Waals surface area contributed by atoms with E-state index < -0.39 is 32.5 Å². The van der Waals surface area contributed by atoms with Crippen LogP contribution < -0.4 is 0 Å². The molecule has 0 radical (unpaired) electrons. The third-order valence-electron chi connectivity index (χ3n) is 8.70. The Hall–Kier alpha value is -1.80. The van der Waals surface area contributed by atoms with Crippen molar-refractivity contribution in [2.24, 2.45) is 0 Å². The van der Waals surface area contributed by atoms with Gasteiger partial charge >= 0.3 is 19.8 Å². The molecule has 50 heavy (non-hydrogen) atoms. The zero-order valence-corrected chi connectivity index (χ0v) is 32.7. The predicted octanol–water partition coefficient (Wildman–Crippen LogP) is 11.2. The van der Waals surface area contributed by atoms with E-state index >= 15 is 0 Å². The highest BCUT2D eigenvalue weighted by Gasteiger charge is 2.22. The van der Waals surface area contributed by atoms with Gasteiger partial charge in [-0.25, -0.2) is 4.57 Å². The molecule has 0 aromatic heterocycles. The first-order chi connectivity index (χ1) is 24.2. The van der Waals surface area contributed by atoms with Gasteiger partial charge in [-0.2, -0.15) is 0 Å². The summed E-state index contributed by atoms with van der Waals surface area (Å²) in [7, 11) is -4.77. The summed E-state index contributed by atoms with van der Waals surface area (Å²) in [6.07, 6.45) is 35.7. The highest BCUT2D eigenvalue weighted by Crippen LogP contribution is 2.36. The number of carbonyl (C=O) groups is 3. The van der Waals surface area contributed by atoms with Crippen molar-refractivity contribution in [3.8, 4) is 0 Å². The second-order valence-electron chi connectivity index (χ2n) is 13.7. The van der Waals surface area contributed by atoms with Crippen LogP contribution >= 0.6 is 7.82 Å². The summed E-state index contributed by atoms with van der Waals surface area (Å²) >= 11 is 0. The van der Waals surface area contributed by atoms with Crippen LogP contribution in [0.15, 0.2) is 24.3 Å². The lowest BCUT2D eigenvalue weighted by atomic mass is 10.0. The van der Waals surface area contributed by atoms with Crippen LogP contribution in [-0.4, -0.2) is 46.8 Å². The molecular formula is C40H73O9P. The molecule has 10 heteroatoms. The maximum absolute atomic E-state index is 12.4. The lowest BCUT2D eigenvalue weighted by Gasteiger charge is -2.18. The van der Waals surface area contributed by atoms with Crippen LogP contribution in [0.25, 0.3) is 0 Å². The topological polar surface area (TPSA) is 136 Å². The summed E-state index contributed by atoms with van der Waals surface area (Å²) in [5.74, 6) is -0.850. The van der Waals surface area contributed by atoms with Crippen LogP contribution in [-0.2, 0) is 32.9 Å². The molecule has 2 N–H and O–H groups in total. The van der Waals surface area contributed by atoms with Crippen molar-refractivity contribution in [2.75, 3.05) is 13.2 Å². The Kier molecular flexibility index (Phi) is 34.3. The highest BCUT2D eigenvalue weighted by atomic mass is 31.2. The molecule has 0 aromatic rings. The van der Waals surface area contributed by atoms with E-state index in [-0.39, 0.29) is 25.2 Å². The highest BCUT2D eigenvalue weighted by molar-refractivity contribution is 7.46. The Morgan fingerprint density at radius 3 is 1.50 bits per heavy atom. The summed E-state index contributed by atoms with van der Waals surface area (Å²) in [4.78, 5) is 54.7. The number of hydrogen-bond donors (Lipinski definition) is 2. The molecule has 0 aromatic carbocycles. The van der Waals surface area contributed by atoms with Crippen molar-refractivity contribution in [2.45, 2.75) is 200 Å². The Labute approximate surface area is 305 Å². The minimum atomic E-state index is -4.77. The molecule has 0 aliphatic heterocycles. The number of esters is 2. The van der Waals surface area contributed by atoms with Crippen molar-refractivity contribution in [3.05, 3.63) is 24.3 Å². The van der Waals surface area contributed by atoms with Crippen LogP contribution in [0.5, 0.6) is 0 Å². The van der Waals surface area contributed by atoms with Gasteiger partial charge in [0.25, 0.3) is 0 Å². The summed E-state index contributed by atoms with van der Waals surface area (Å²) in [6.45, 7) is 3.54. The number of carbonyl (C=O) groups excluding carboxylic acids is 3. The quantitative estimate of drug-likeness (QED) is 0.0210. The lowest BCUT2D eigenvalue weighted by molar-refractivity contribution is -0.161. The van der Waals surface area contributed by atoms with E-state index in [1.54, 1.807) is 6.08 Å². The van der Waals surface area contributed by atoms with Crippen LogP contribution in [0.2, 0.25) is 0 Å². The number of allylic oxidation sites excluding steroid dienone is 4. The van der Waals surface area contributed by atoms with Gasteiger partial charge in [-0.05, 0) is 38.2 Å². The van der Waals surface area contributed by atoms with Gasteiger partial charge in [0.15, 0.2) is 11.9 Å². The molecule has 0 fully saturated rings. The van der Waals surface area contributed by atoms with Gasteiger partial charge in [-0.15, -0.1) is 0 Å². The SMILES string of the molecule is CCCCC/C=C\C=C\C(=O)CCCCCCCC(=O)OC[C@H](COP(=O)(O)O)OC(=O)CCCCCCCCCCCCCCCCCC. The van der Waals surface area contributed by atoms with Gasteiger partial charge in [0, 0.05) is 19.3 Å². The van der Waals surface area contributed by atoms with Crippen LogP contribution in [0.4, 0.5) is 0 Å². The minimum absolute atomic E-state index is 0.120. The summed E-state index contributed by atoms with van der Waals surface area (Å²) in [6, 6.07) is 0. The molecule has 0 spiro atoms. The molecular weight excluding hydrogens is 655 g/mol. The Morgan fingerprint density at radius 2 is 1.00 bits per heavy atom. The third kappa shape index (κ3) is 37.5. The molecule has 1 atom stereocenters. The van der Waals surface area contributed by atoms with Gasteiger partial charge in [0.1, 0.15) is 6.61 Å². The minimum Gasteiger partial charge on any atom is -0.462 e. The van der Waals surface area contributed by atoms with Crippen LogP contribution in [0, 0.1) is 0 Å². The van der Waals surface area contributed by atoms with E-state index in [9.17, 15) is 18.9 Å². The zero-order chi connectivity index (χ0) is 37.0. The zero-order valence-electron chi connectivity index (χ0n) is 31.8. The van der Waals surface area contributed by atoms with E-state index in [1.807, 2.05) is 12.2 Å². The van der Waals surface area contributed by atoms with Crippen molar-refractivity contribution < 1.29 is 42.7 Å². The van der Waals surface area contributed by atoms with E-state index in [0.717, 1.165) is 51.4 Å². The molecule has 292 valence electrons. The summed E-state index contributed by atoms with van der Waals surface area (Å²) in [5, 5.41) is 0. The first kappa shape index (κ1) is 48.2. The van der Waals surface area contributed by atoms with Gasteiger partial charge < -0.3 is 19.3 Å². The summed E-state index contributed by atoms with van der Waals surface area (Å²) in [5.41, 5.74) is 0. The standard InChI is InChI=1S/C40H73O9P/c1-3-5-7-9-11-12-13-14-15-16-17-18-19-21-25-30-34-40(43)49-38(36-48-50(44,45)46)35-47-39(42)33-29-26-22-24-28-32-37(41)31-27-23-20-10-8-6-4-2/h20,23,27,31,38H,3-19,21-22,24-26,28-30,32-36H2,1-2H3,(H2,44,45,46)/b23-20-,31-27+/t38-/m1/s1. The number of hydrogen-bond acceptors (Lipinski definition) is 7. The molecule has 0 saturated carbocycles. The normalized spacial score (nSPS) is 12.6. The maximum Gasteiger partial charge on any atom is 0.469 e. The third-order valence-corrected chi connectivity index (χ3v) is 9.18. The van der Waals surface area contributed by atoms with E-state index in [0.29, 0.717) is 19.3 Å². The van der Waals surface area contributed by atoms with Crippen molar-refractivity contribution in [3.63, 3.8) is 0 Å². The Balaban J connectivity index is 4.00. The first-order valence-corrected chi connectivity index (χ1v) is 21.6. The molecule has 0 aliphatic carbocycles. The first-order valence-electron chi connectivity index (χ1n) is 20.1. The maximum atomic E-state index is 12.4. The fourth-order valence-electron chi connectivity index (χ4n) is 5.65. The average Bonchev–Trinajstić information content (AvgIpc) is 3.08. The number of unbranched alkanes of at least 4 members (excludes halogenated alkanes) is 22. The number of phosphoric acid groups is 1. The number of rotatable bonds is 37. The van der Waals surface area contributed by atoms with Gasteiger partial charge in [0.2, 0.25) is 0 Å². The lowest BCUT2D eigenvalue weighted by Crippen LogP contribution is -2.29. The Morgan fingerprint density at radius 1 is 0.560 bits per heavy atom. The molecule has 9 nitrogen and oxygen atoms in total. The van der Waals surface area contributed by atoms with Gasteiger partial charge in [0.05, 0.1) is 6.61 Å². The second-order valence-corrected chi connectivity index (χ2v) is 14.9. The van der Waals surface area contributed by atoms with E-state index in [4.69, 9.17) is 19.3 Å². The van der Waals surface area contributed by atoms with Gasteiger partial charge in [-0.1, -0.05) is 160 Å². The molecule has 0 rings (SSSR count). The smallest absolute Gasteiger partial charge is 0.462 e. The monoisotopic (exact) mass is 728 g/mol.